The molecule has 0 N–H and O–H groups in total. The molecule has 0 aliphatic carbocycles. The van der Waals surface area contributed by atoms with E-state index in [0.29, 0.717) is 30.4 Å². The number of likely N-dealkylation sites (tertiary alicyclic amines) is 1. The monoisotopic (exact) mass is 372 g/mol. The van der Waals surface area contributed by atoms with E-state index in [4.69, 9.17) is 14.2 Å². The normalized spacial score (nSPS) is 33.4. The molecule has 1 aromatic rings. The van der Waals surface area contributed by atoms with E-state index in [1.54, 1.807) is 0 Å². The van der Waals surface area contributed by atoms with Crippen molar-refractivity contribution in [3.8, 4) is 11.5 Å². The van der Waals surface area contributed by atoms with Crippen LogP contribution in [0.4, 0.5) is 4.79 Å². The smallest absolute Gasteiger partial charge is 0.410 e. The number of fused-ring (bicyclic) bond motifs is 3. The van der Waals surface area contributed by atoms with E-state index < -0.39 is 0 Å². The molecule has 4 saturated heterocycles. The lowest BCUT2D eigenvalue weighted by molar-refractivity contribution is -0.00864. The lowest BCUT2D eigenvalue weighted by Gasteiger charge is -2.50. The molecule has 0 saturated carbocycles. The van der Waals surface area contributed by atoms with Gasteiger partial charge in [0.15, 0.2) is 11.5 Å². The Balaban J connectivity index is 1.44. The zero-order chi connectivity index (χ0) is 18.5. The molecule has 3 atom stereocenters. The number of carbonyl (C=O) groups is 1. The van der Waals surface area contributed by atoms with E-state index in [9.17, 15) is 4.79 Å². The number of carbonyl (C=O) groups excluding carboxylic acids is 1. The van der Waals surface area contributed by atoms with Crippen molar-refractivity contribution in [1.29, 1.82) is 0 Å². The van der Waals surface area contributed by atoms with Gasteiger partial charge in [0.2, 0.25) is 6.79 Å². The highest BCUT2D eigenvalue weighted by atomic mass is 16.7. The van der Waals surface area contributed by atoms with Crippen LogP contribution in [0.15, 0.2) is 18.2 Å². The largest absolute Gasteiger partial charge is 0.454 e. The van der Waals surface area contributed by atoms with Gasteiger partial charge in [-0.1, -0.05) is 19.9 Å². The summed E-state index contributed by atoms with van der Waals surface area (Å²) in [6.07, 6.45) is 2.22. The van der Waals surface area contributed by atoms with E-state index in [1.807, 2.05) is 11.0 Å². The number of ether oxygens (including phenoxy) is 3. The lowest BCUT2D eigenvalue weighted by Crippen LogP contribution is -2.60. The number of hydrogen-bond donors (Lipinski definition) is 0. The average molecular weight is 372 g/mol. The Morgan fingerprint density at radius 1 is 1.19 bits per heavy atom. The van der Waals surface area contributed by atoms with E-state index >= 15 is 0 Å². The van der Waals surface area contributed by atoms with Gasteiger partial charge in [-0.05, 0) is 55.5 Å². The van der Waals surface area contributed by atoms with Gasteiger partial charge >= 0.3 is 6.09 Å². The van der Waals surface area contributed by atoms with E-state index in [0.717, 1.165) is 31.1 Å². The van der Waals surface area contributed by atoms with Crippen LogP contribution in [0.1, 0.15) is 38.2 Å². The SMILES string of the molecule is CC(C)COC(=O)N1C[C@@H](c2ccc3c(c2)OCO3)[C@@H]2[C@H]1C1CCN2CC1. The van der Waals surface area contributed by atoms with Gasteiger partial charge in [-0.25, -0.2) is 4.79 Å². The highest BCUT2D eigenvalue weighted by Gasteiger charge is 2.55. The molecular formula is C21H28N2O4. The minimum Gasteiger partial charge on any atom is -0.454 e. The standard InChI is InChI=1S/C21H28N2O4/c1-13(2)11-25-21(24)23-10-16(15-3-4-17-18(9-15)27-12-26-17)20-19(23)14-5-7-22(20)8-6-14/h3-4,9,13-14,16,19-20H,5-8,10-12H2,1-2H3/t16-,19+,20+/m0/s1. The van der Waals surface area contributed by atoms with Crippen LogP contribution in [0.25, 0.3) is 0 Å². The van der Waals surface area contributed by atoms with Crippen LogP contribution < -0.4 is 9.47 Å². The fourth-order valence-electron chi connectivity index (χ4n) is 5.39. The molecular weight excluding hydrogens is 344 g/mol. The van der Waals surface area contributed by atoms with Gasteiger partial charge in [0.05, 0.1) is 12.6 Å². The number of piperidine rings is 3. The third kappa shape index (κ3) is 2.85. The molecule has 4 fully saturated rings. The van der Waals surface area contributed by atoms with Crippen LogP contribution in [0.3, 0.4) is 0 Å². The molecule has 146 valence electrons. The van der Waals surface area contributed by atoms with Gasteiger partial charge in [-0.2, -0.15) is 0 Å². The number of amides is 1. The summed E-state index contributed by atoms with van der Waals surface area (Å²) in [6, 6.07) is 6.90. The Bertz CT molecular complexity index is 729. The van der Waals surface area contributed by atoms with Crippen LogP contribution >= 0.6 is 0 Å². The molecule has 1 aromatic carbocycles. The third-order valence-electron chi connectivity index (χ3n) is 6.59. The number of benzene rings is 1. The first-order valence-electron chi connectivity index (χ1n) is 10.2. The van der Waals surface area contributed by atoms with Crippen molar-refractivity contribution >= 4 is 6.09 Å². The molecule has 5 aliphatic heterocycles. The number of hydrogen-bond acceptors (Lipinski definition) is 5. The summed E-state index contributed by atoms with van der Waals surface area (Å²) in [5, 5.41) is 0. The van der Waals surface area contributed by atoms with Crippen molar-refractivity contribution < 1.29 is 19.0 Å². The predicted octanol–water partition coefficient (Wildman–Crippen LogP) is 3.07. The maximum absolute atomic E-state index is 12.9. The Morgan fingerprint density at radius 3 is 2.74 bits per heavy atom. The fraction of sp³-hybridized carbons (Fsp3) is 0.667. The van der Waals surface area contributed by atoms with Crippen LogP contribution in [0.2, 0.25) is 0 Å². The highest BCUT2D eigenvalue weighted by Crippen LogP contribution is 2.48. The number of rotatable bonds is 3. The highest BCUT2D eigenvalue weighted by molar-refractivity contribution is 5.69. The molecule has 6 nitrogen and oxygen atoms in total. The third-order valence-corrected chi connectivity index (χ3v) is 6.59. The minimum atomic E-state index is -0.143. The molecule has 0 aromatic heterocycles. The summed E-state index contributed by atoms with van der Waals surface area (Å²) in [5.74, 6) is 2.86. The molecule has 6 heteroatoms. The van der Waals surface area contributed by atoms with E-state index in [-0.39, 0.29) is 18.9 Å². The van der Waals surface area contributed by atoms with Crippen LogP contribution in [-0.4, -0.2) is 61.0 Å². The summed E-state index contributed by atoms with van der Waals surface area (Å²) in [5.41, 5.74) is 1.24. The van der Waals surface area contributed by atoms with Crippen molar-refractivity contribution in [1.82, 2.24) is 9.80 Å². The van der Waals surface area contributed by atoms with Gasteiger partial charge < -0.3 is 19.1 Å². The minimum absolute atomic E-state index is 0.143. The first-order chi connectivity index (χ1) is 13.1. The maximum Gasteiger partial charge on any atom is 0.410 e. The van der Waals surface area contributed by atoms with E-state index in [1.165, 1.54) is 18.4 Å². The first-order valence-corrected chi connectivity index (χ1v) is 10.2. The second kappa shape index (κ2) is 6.59. The molecule has 0 spiro atoms. The lowest BCUT2D eigenvalue weighted by atomic mass is 9.75. The zero-order valence-corrected chi connectivity index (χ0v) is 16.1. The molecule has 0 radical (unpaired) electrons. The maximum atomic E-state index is 12.9. The van der Waals surface area contributed by atoms with Crippen LogP contribution in [0, 0.1) is 11.8 Å². The summed E-state index contributed by atoms with van der Waals surface area (Å²) >= 11 is 0. The Morgan fingerprint density at radius 2 is 1.96 bits per heavy atom. The summed E-state index contributed by atoms with van der Waals surface area (Å²) in [7, 11) is 0. The molecule has 0 unspecified atom stereocenters. The summed E-state index contributed by atoms with van der Waals surface area (Å²) in [4.78, 5) is 17.5. The first kappa shape index (κ1) is 17.2. The van der Waals surface area contributed by atoms with E-state index in [2.05, 4.69) is 30.9 Å². The van der Waals surface area contributed by atoms with Crippen LogP contribution in [-0.2, 0) is 4.74 Å². The summed E-state index contributed by atoms with van der Waals surface area (Å²) in [6.45, 7) is 7.92. The zero-order valence-electron chi connectivity index (χ0n) is 16.1. The fourth-order valence-corrected chi connectivity index (χ4v) is 5.39. The molecule has 6 rings (SSSR count). The van der Waals surface area contributed by atoms with Gasteiger partial charge in [0, 0.05) is 18.5 Å². The van der Waals surface area contributed by atoms with Gasteiger partial charge in [0.1, 0.15) is 0 Å². The molecule has 27 heavy (non-hydrogen) atoms. The topological polar surface area (TPSA) is 51.2 Å². The average Bonchev–Trinajstić information content (AvgIpc) is 3.32. The Hall–Kier alpha value is -1.95. The van der Waals surface area contributed by atoms with Crippen LogP contribution in [0.5, 0.6) is 11.5 Å². The summed E-state index contributed by atoms with van der Waals surface area (Å²) < 4.78 is 16.7. The quantitative estimate of drug-likeness (QED) is 0.816. The van der Waals surface area contributed by atoms with Crippen molar-refractivity contribution in [3.05, 3.63) is 23.8 Å². The second-order valence-corrected chi connectivity index (χ2v) is 8.70. The molecule has 1 amide bonds. The molecule has 2 bridgehead atoms. The van der Waals surface area contributed by atoms with Crippen molar-refractivity contribution in [2.75, 3.05) is 33.0 Å². The molecule has 5 aliphatic rings. The van der Waals surface area contributed by atoms with Crippen molar-refractivity contribution in [3.63, 3.8) is 0 Å². The van der Waals surface area contributed by atoms with Gasteiger partial charge in [-0.15, -0.1) is 0 Å². The van der Waals surface area contributed by atoms with Crippen molar-refractivity contribution in [2.45, 2.75) is 44.7 Å². The second-order valence-electron chi connectivity index (χ2n) is 8.70. The number of nitrogens with zero attached hydrogens (tertiary/aromatic N) is 2. The Labute approximate surface area is 160 Å². The predicted molar refractivity (Wildman–Crippen MR) is 100 cm³/mol. The van der Waals surface area contributed by atoms with Crippen molar-refractivity contribution in [2.24, 2.45) is 11.8 Å². The Kier molecular flexibility index (Phi) is 4.19. The van der Waals surface area contributed by atoms with Gasteiger partial charge in [-0.3, -0.25) is 4.90 Å². The van der Waals surface area contributed by atoms with Gasteiger partial charge in [0.25, 0.3) is 0 Å². The molecule has 5 heterocycles.